The highest BCUT2D eigenvalue weighted by Gasteiger charge is 2.39. The minimum Gasteiger partial charge on any atom is -0.398 e. The molecule has 3 aliphatic heterocycles. The first-order valence-electron chi connectivity index (χ1n) is 41.1. The molecule has 3 aliphatic rings. The number of nitrogens with zero attached hydrogens (tertiary/aromatic N) is 19. The van der Waals surface area contributed by atoms with E-state index in [9.17, 15) is 33.2 Å². The quantitative estimate of drug-likeness (QED) is 0.0695. The molecule has 12 aromatic rings. The molecule has 0 bridgehead atoms. The first-order valence-corrected chi connectivity index (χ1v) is 42.2. The molecule has 125 heavy (non-hydrogen) atoms. The van der Waals surface area contributed by atoms with Crippen molar-refractivity contribution in [1.29, 1.82) is 0 Å². The first-order chi connectivity index (χ1) is 59.5. The Morgan fingerprint density at radius 1 is 0.432 bits per heavy atom. The third-order valence-electron chi connectivity index (χ3n) is 22.8. The third-order valence-corrected chi connectivity index (χ3v) is 23.7. The summed E-state index contributed by atoms with van der Waals surface area (Å²) < 4.78 is 50.1. The van der Waals surface area contributed by atoms with E-state index in [0.29, 0.717) is 123 Å². The molecule has 9 aromatic heterocycles. The van der Waals surface area contributed by atoms with Crippen LogP contribution in [0.1, 0.15) is 123 Å². The zero-order valence-corrected chi connectivity index (χ0v) is 74.5. The van der Waals surface area contributed by atoms with Crippen LogP contribution in [-0.2, 0) is 14.4 Å². The lowest BCUT2D eigenvalue weighted by Crippen LogP contribution is -2.58. The van der Waals surface area contributed by atoms with Crippen LogP contribution in [0, 0.1) is 24.4 Å². The molecule has 3 aromatic carbocycles. The number of carbonyl (C=O) groups excluding carboxylic acids is 3. The number of pyridine rings is 6. The highest BCUT2D eigenvalue weighted by molar-refractivity contribution is 6.34. The molecular weight excluding hydrogens is 1660 g/mol. The van der Waals surface area contributed by atoms with Gasteiger partial charge in [-0.3, -0.25) is 29.3 Å². The molecule has 6 unspecified atom stereocenters. The van der Waals surface area contributed by atoms with Crippen LogP contribution >= 0.6 is 34.8 Å². The number of hydrogen-bond donors (Lipinski definition) is 1. The van der Waals surface area contributed by atoms with Gasteiger partial charge in [0.25, 0.3) is 0 Å². The number of benzene rings is 3. The Hall–Kier alpha value is -12.7. The molecule has 648 valence electrons. The molecular formula is C93H98Cl3F3N20O6. The van der Waals surface area contributed by atoms with E-state index in [0.717, 1.165) is 11.3 Å². The summed E-state index contributed by atoms with van der Waals surface area (Å²) in [5.41, 5.74) is 11.9. The summed E-state index contributed by atoms with van der Waals surface area (Å²) in [4.78, 5) is 134. The molecule has 0 radical (unpaired) electrons. The molecule has 32 heteroatoms. The summed E-state index contributed by atoms with van der Waals surface area (Å²) >= 11 is 20.3. The van der Waals surface area contributed by atoms with E-state index in [-0.39, 0.29) is 127 Å². The fraction of sp³-hybridized carbons (Fsp3) is 0.323. The maximum atomic E-state index is 15.9. The van der Waals surface area contributed by atoms with Gasteiger partial charge in [-0.15, -0.1) is 0 Å². The highest BCUT2D eigenvalue weighted by Crippen LogP contribution is 2.43. The summed E-state index contributed by atoms with van der Waals surface area (Å²) in [6, 6.07) is 28.2. The summed E-state index contributed by atoms with van der Waals surface area (Å²) in [5.74, 6) is -1.09. The minimum atomic E-state index is -0.622. The monoisotopic (exact) mass is 1750 g/mol. The van der Waals surface area contributed by atoms with E-state index in [1.807, 2.05) is 136 Å². The van der Waals surface area contributed by atoms with Crippen LogP contribution in [-0.4, -0.2) is 181 Å². The molecule has 0 spiro atoms. The van der Waals surface area contributed by atoms with Crippen LogP contribution in [0.25, 0.3) is 83.9 Å². The zero-order valence-electron chi connectivity index (χ0n) is 72.2. The van der Waals surface area contributed by atoms with Gasteiger partial charge in [-0.1, -0.05) is 139 Å². The number of nitrogens with two attached hydrogens (primary N) is 1. The number of carbonyl (C=O) groups is 3. The zero-order chi connectivity index (χ0) is 90.3. The van der Waals surface area contributed by atoms with Gasteiger partial charge in [0.15, 0.2) is 16.9 Å². The molecule has 26 nitrogen and oxygen atoms in total. The average molecular weight is 1760 g/mol. The lowest BCUT2D eigenvalue weighted by atomic mass is 10.0. The second kappa shape index (κ2) is 37.0. The van der Waals surface area contributed by atoms with Gasteiger partial charge in [0.05, 0.1) is 82.4 Å². The fourth-order valence-electron chi connectivity index (χ4n) is 16.5. The van der Waals surface area contributed by atoms with Gasteiger partial charge in [0.2, 0.25) is 17.7 Å². The lowest BCUT2D eigenvalue weighted by molar-refractivity contribution is -0.129. The van der Waals surface area contributed by atoms with E-state index in [1.165, 1.54) is 50.1 Å². The molecule has 3 amide bonds. The Morgan fingerprint density at radius 2 is 0.776 bits per heavy atom. The number of nitrogen functional groups attached to an aromatic ring is 1. The normalized spacial score (nSPS) is 17.2. The van der Waals surface area contributed by atoms with Gasteiger partial charge >= 0.3 is 17.1 Å². The van der Waals surface area contributed by atoms with Crippen molar-refractivity contribution in [2.45, 2.75) is 144 Å². The SMILES string of the molecule is C=CC(=O)N1CC(C)N(c2nc(=O)n(-c3c(C)ccnc3C(C)C)c3nc(-c4ccccc4N)c(F)cc23)CC1C.C=CC(=O)N1CC(C)N(c2nc(=O)n(-c3c(Cl)ccnc3C(C)C)c3nc(-c4ccccc4F)c(Cl)cc23)CC1C.C=CC(=O)N1CC(C)N(c2nc(=O)n(-c3c(N(C)C)ccnc3C(C)C)c3nc(-c4ccccc4F)c(Cl)cc23)CC1C. The fourth-order valence-corrected chi connectivity index (χ4v) is 17.3. The number of aromatic nitrogens is 12. The molecule has 0 saturated carbocycles. The third kappa shape index (κ3) is 17.4. The van der Waals surface area contributed by atoms with Crippen LogP contribution in [0.15, 0.2) is 180 Å². The predicted molar refractivity (Wildman–Crippen MR) is 490 cm³/mol. The summed E-state index contributed by atoms with van der Waals surface area (Å²) in [6.07, 6.45) is 8.91. The molecule has 2 N–H and O–H groups in total. The van der Waals surface area contributed by atoms with Crippen molar-refractivity contribution in [1.82, 2.24) is 73.3 Å². The van der Waals surface area contributed by atoms with E-state index in [2.05, 4.69) is 49.6 Å². The van der Waals surface area contributed by atoms with E-state index < -0.39 is 34.5 Å². The van der Waals surface area contributed by atoms with Gasteiger partial charge in [-0.25, -0.2) is 56.2 Å². The van der Waals surface area contributed by atoms with E-state index in [1.54, 1.807) is 112 Å². The number of para-hydroxylation sites is 1. The highest BCUT2D eigenvalue weighted by atomic mass is 35.5. The second-order valence-corrected chi connectivity index (χ2v) is 33.9. The molecule has 3 saturated heterocycles. The predicted octanol–water partition coefficient (Wildman–Crippen LogP) is 16.1. The molecule has 12 heterocycles. The Bertz CT molecular complexity index is 6200. The second-order valence-electron chi connectivity index (χ2n) is 32.7. The van der Waals surface area contributed by atoms with Gasteiger partial charge < -0.3 is 40.0 Å². The van der Waals surface area contributed by atoms with Crippen molar-refractivity contribution in [2.24, 2.45) is 0 Å². The number of fused-ring (bicyclic) bond motifs is 3. The summed E-state index contributed by atoms with van der Waals surface area (Å²) in [7, 11) is 3.78. The summed E-state index contributed by atoms with van der Waals surface area (Å²) in [6.45, 7) is 38.7. The van der Waals surface area contributed by atoms with E-state index in [4.69, 9.17) is 55.5 Å². The van der Waals surface area contributed by atoms with Gasteiger partial charge in [-0.05, 0) is 157 Å². The molecule has 6 atom stereocenters. The van der Waals surface area contributed by atoms with Crippen molar-refractivity contribution < 1.29 is 27.6 Å². The largest absolute Gasteiger partial charge is 0.398 e. The van der Waals surface area contributed by atoms with E-state index >= 15 is 8.78 Å². The van der Waals surface area contributed by atoms with Crippen molar-refractivity contribution in [3.63, 3.8) is 0 Å². The number of aryl methyl sites for hydroxylation is 1. The number of anilines is 5. The topological polar surface area (TPSA) is 282 Å². The Kier molecular flexibility index (Phi) is 26.6. The number of halogens is 6. The molecule has 15 rings (SSSR count). The van der Waals surface area contributed by atoms with Gasteiger partial charge in [-0.2, -0.15) is 15.0 Å². The molecule has 0 aliphatic carbocycles. The van der Waals surface area contributed by atoms with Crippen molar-refractivity contribution in [2.75, 3.05) is 78.7 Å². The summed E-state index contributed by atoms with van der Waals surface area (Å²) in [5, 5.41) is 2.08. The van der Waals surface area contributed by atoms with Crippen LogP contribution in [0.3, 0.4) is 0 Å². The van der Waals surface area contributed by atoms with Crippen molar-refractivity contribution in [3.8, 4) is 50.8 Å². The minimum absolute atomic E-state index is 0.00689. The average Bonchev–Trinajstić information content (AvgIpc) is 0.735. The Labute approximate surface area is 736 Å². The molecule has 3 fully saturated rings. The van der Waals surface area contributed by atoms with Crippen LogP contribution in [0.4, 0.5) is 42.0 Å². The standard InChI is InChI=1S/C32H35ClFN7O2.C31H34FN7O2.C30H29Cl2FN6O2/c1-8-26(42)39-16-20(5)40(17-19(39)4)30-22-15-23(33)28(21-11-9-10-12-24(21)34)36-31(22)41(32(43)37-30)29-25(38(6)7)13-14-35-27(29)18(2)3;1-7-25(40)37-15-20(6)38(16-19(37)5)29-22-14-23(32)27(21-10-8-9-11-24(21)33)35-30(22)39(31(41)36-29)28-18(4)12-13-34-26(28)17(2)3;1-6-24(40)37-14-18(5)38(15-17(37)4)28-20-13-22(32)26(19-9-7-8-10-23(19)33)35-29(20)39(30(41)36-28)27-21(31)11-12-34-25(27)16(2)3/h8-15,18-20H,1,16-17H2,2-7H3;7-14,17,19-20H,1,15-16,33H2,2-6H3;6-13,16-18H,1,14-15H2,2-5H3. The van der Waals surface area contributed by atoms with Crippen LogP contribution in [0.2, 0.25) is 15.1 Å². The number of rotatable bonds is 16. The van der Waals surface area contributed by atoms with Crippen molar-refractivity contribution >= 4 is 114 Å². The maximum absolute atomic E-state index is 15.9. The Morgan fingerprint density at radius 3 is 1.17 bits per heavy atom. The number of amides is 3. The number of hydrogen-bond acceptors (Lipinski definition) is 20. The smallest absolute Gasteiger partial charge is 0.355 e. The number of piperazine rings is 3. The Balaban J connectivity index is 0.000000161. The van der Waals surface area contributed by atoms with Gasteiger partial charge in [0, 0.05) is 131 Å². The first kappa shape index (κ1) is 90.0. The van der Waals surface area contributed by atoms with Gasteiger partial charge in [0.1, 0.15) is 40.6 Å². The van der Waals surface area contributed by atoms with Crippen molar-refractivity contribution in [3.05, 3.63) is 252 Å². The van der Waals surface area contributed by atoms with Crippen LogP contribution < -0.4 is 42.4 Å². The lowest BCUT2D eigenvalue weighted by Gasteiger charge is -2.44. The van der Waals surface area contributed by atoms with Crippen LogP contribution in [0.5, 0.6) is 0 Å². The maximum Gasteiger partial charge on any atom is 0.355 e.